The lowest BCUT2D eigenvalue weighted by Gasteiger charge is -2.50. The zero-order valence-corrected chi connectivity index (χ0v) is 15.4. The number of carboxylic acids is 1. The average molecular weight is 388 g/mol. The van der Waals surface area contributed by atoms with E-state index in [9.17, 15) is 19.5 Å². The Morgan fingerprint density at radius 1 is 1.30 bits per heavy atom. The Morgan fingerprint density at radius 3 is 2.74 bits per heavy atom. The molecule has 0 saturated carbocycles. The SMILES string of the molecule is O=C(Cc1ccccc1)N[C@@H]1C(=O)N2C(C(=O)O)=C([C@@H]3CCCO3)CS[C@H]12. The van der Waals surface area contributed by atoms with Crippen LogP contribution in [0.2, 0.25) is 0 Å². The number of nitrogens with one attached hydrogen (secondary N) is 1. The Morgan fingerprint density at radius 2 is 2.07 bits per heavy atom. The number of fused-ring (bicyclic) bond motifs is 1. The van der Waals surface area contributed by atoms with Crippen LogP contribution in [0.15, 0.2) is 41.6 Å². The van der Waals surface area contributed by atoms with E-state index in [4.69, 9.17) is 4.74 Å². The van der Waals surface area contributed by atoms with Crippen molar-refractivity contribution in [2.45, 2.75) is 36.8 Å². The van der Waals surface area contributed by atoms with E-state index in [1.54, 1.807) is 0 Å². The molecule has 27 heavy (non-hydrogen) atoms. The molecule has 2 N–H and O–H groups in total. The first kappa shape index (κ1) is 18.1. The van der Waals surface area contributed by atoms with Crippen LogP contribution < -0.4 is 5.32 Å². The van der Waals surface area contributed by atoms with Crippen LogP contribution in [0.1, 0.15) is 18.4 Å². The number of rotatable bonds is 5. The lowest BCUT2D eigenvalue weighted by Crippen LogP contribution is -2.70. The summed E-state index contributed by atoms with van der Waals surface area (Å²) in [4.78, 5) is 38.0. The standard InChI is InChI=1S/C19H20N2O5S/c22-14(9-11-5-2-1-3-6-11)20-15-17(23)21-16(19(24)25)12(10-27-18(15)21)13-7-4-8-26-13/h1-3,5-6,13,15,18H,4,7-10H2,(H,20,22)(H,24,25)/t13-,15+,18+/m0/s1. The van der Waals surface area contributed by atoms with Crippen molar-refractivity contribution in [2.75, 3.05) is 12.4 Å². The molecule has 0 aromatic heterocycles. The van der Waals surface area contributed by atoms with Gasteiger partial charge < -0.3 is 15.2 Å². The smallest absolute Gasteiger partial charge is 0.352 e. The van der Waals surface area contributed by atoms with Gasteiger partial charge in [0.25, 0.3) is 5.91 Å². The number of benzene rings is 1. The van der Waals surface area contributed by atoms with Gasteiger partial charge in [-0.1, -0.05) is 30.3 Å². The minimum Gasteiger partial charge on any atom is -0.477 e. The van der Waals surface area contributed by atoms with Crippen LogP contribution >= 0.6 is 11.8 Å². The maximum atomic E-state index is 12.6. The predicted molar refractivity (Wildman–Crippen MR) is 98.8 cm³/mol. The molecule has 0 aliphatic carbocycles. The summed E-state index contributed by atoms with van der Waals surface area (Å²) in [5.74, 6) is -1.24. The highest BCUT2D eigenvalue weighted by molar-refractivity contribution is 8.00. The number of β-lactam (4-membered cyclic amide) rings is 1. The molecule has 2 saturated heterocycles. The fraction of sp³-hybridized carbons (Fsp3) is 0.421. The molecule has 3 aliphatic rings. The predicted octanol–water partition coefficient (Wildman–Crippen LogP) is 1.15. The van der Waals surface area contributed by atoms with Crippen molar-refractivity contribution in [2.24, 2.45) is 0 Å². The van der Waals surface area contributed by atoms with Gasteiger partial charge in [-0.25, -0.2) is 4.79 Å². The van der Waals surface area contributed by atoms with Crippen LogP contribution in [0.5, 0.6) is 0 Å². The van der Waals surface area contributed by atoms with Crippen LogP contribution in [0.4, 0.5) is 0 Å². The number of hydrogen-bond donors (Lipinski definition) is 2. The van der Waals surface area contributed by atoms with Gasteiger partial charge in [0, 0.05) is 12.4 Å². The van der Waals surface area contributed by atoms with E-state index in [1.165, 1.54) is 16.7 Å². The highest BCUT2D eigenvalue weighted by Gasteiger charge is 2.54. The molecule has 7 nitrogen and oxygen atoms in total. The summed E-state index contributed by atoms with van der Waals surface area (Å²) in [6.45, 7) is 0.612. The minimum absolute atomic E-state index is 0.0317. The first-order valence-corrected chi connectivity index (χ1v) is 9.97. The van der Waals surface area contributed by atoms with E-state index < -0.39 is 12.0 Å². The molecule has 1 aromatic carbocycles. The third kappa shape index (κ3) is 3.35. The number of aliphatic carboxylic acids is 1. The van der Waals surface area contributed by atoms with Crippen molar-refractivity contribution in [3.05, 3.63) is 47.2 Å². The van der Waals surface area contributed by atoms with Gasteiger partial charge in [0.2, 0.25) is 5.91 Å². The van der Waals surface area contributed by atoms with E-state index in [0.717, 1.165) is 18.4 Å². The number of ether oxygens (including phenoxy) is 1. The number of carboxylic acid groups (broad SMARTS) is 1. The van der Waals surface area contributed by atoms with Crippen LogP contribution in [-0.4, -0.2) is 57.7 Å². The Kier molecular flexibility index (Phi) is 4.92. The van der Waals surface area contributed by atoms with Crippen molar-refractivity contribution in [3.63, 3.8) is 0 Å². The van der Waals surface area contributed by atoms with Crippen molar-refractivity contribution >= 4 is 29.5 Å². The largest absolute Gasteiger partial charge is 0.477 e. The number of nitrogens with zero attached hydrogens (tertiary/aromatic N) is 1. The Bertz CT molecular complexity index is 804. The highest BCUT2D eigenvalue weighted by Crippen LogP contribution is 2.42. The van der Waals surface area contributed by atoms with E-state index >= 15 is 0 Å². The molecule has 3 aliphatic heterocycles. The maximum absolute atomic E-state index is 12.6. The zero-order chi connectivity index (χ0) is 19.0. The van der Waals surface area contributed by atoms with Crippen LogP contribution in [0.25, 0.3) is 0 Å². The van der Waals surface area contributed by atoms with Crippen molar-refractivity contribution in [1.29, 1.82) is 0 Å². The molecule has 0 unspecified atom stereocenters. The molecule has 142 valence electrons. The Balaban J connectivity index is 1.47. The summed E-state index contributed by atoms with van der Waals surface area (Å²) < 4.78 is 5.63. The maximum Gasteiger partial charge on any atom is 0.352 e. The van der Waals surface area contributed by atoms with Gasteiger partial charge >= 0.3 is 5.97 Å². The quantitative estimate of drug-likeness (QED) is 0.735. The first-order valence-electron chi connectivity index (χ1n) is 8.92. The molecular weight excluding hydrogens is 368 g/mol. The molecular formula is C19H20N2O5S. The van der Waals surface area contributed by atoms with Crippen LogP contribution in [0, 0.1) is 0 Å². The number of amides is 2. The monoisotopic (exact) mass is 388 g/mol. The number of thioether (sulfide) groups is 1. The van der Waals surface area contributed by atoms with Gasteiger partial charge in [0.1, 0.15) is 17.1 Å². The van der Waals surface area contributed by atoms with Gasteiger partial charge in [-0.05, 0) is 24.0 Å². The third-order valence-electron chi connectivity index (χ3n) is 5.04. The van der Waals surface area contributed by atoms with Gasteiger partial charge in [-0.2, -0.15) is 0 Å². The molecule has 1 aromatic rings. The van der Waals surface area contributed by atoms with Crippen molar-refractivity contribution in [3.8, 4) is 0 Å². The summed E-state index contributed by atoms with van der Waals surface area (Å²) in [6.07, 6.45) is 1.62. The van der Waals surface area contributed by atoms with E-state index in [0.29, 0.717) is 17.9 Å². The van der Waals surface area contributed by atoms with Crippen LogP contribution in [-0.2, 0) is 25.5 Å². The van der Waals surface area contributed by atoms with Gasteiger partial charge in [-0.3, -0.25) is 14.5 Å². The number of carbonyl (C=O) groups is 3. The zero-order valence-electron chi connectivity index (χ0n) is 14.6. The minimum atomic E-state index is -1.12. The average Bonchev–Trinajstić information content (AvgIpc) is 3.20. The normalized spacial score (nSPS) is 27.2. The second kappa shape index (κ2) is 7.36. The fourth-order valence-electron chi connectivity index (χ4n) is 3.75. The van der Waals surface area contributed by atoms with Crippen molar-refractivity contribution in [1.82, 2.24) is 10.2 Å². The third-order valence-corrected chi connectivity index (χ3v) is 6.34. The van der Waals surface area contributed by atoms with E-state index in [1.807, 2.05) is 30.3 Å². The van der Waals surface area contributed by atoms with Crippen molar-refractivity contribution < 1.29 is 24.2 Å². The lowest BCUT2D eigenvalue weighted by atomic mass is 9.99. The first-order chi connectivity index (χ1) is 13.1. The Hall–Kier alpha value is -2.32. The fourth-order valence-corrected chi connectivity index (χ4v) is 5.16. The molecule has 4 rings (SSSR count). The molecule has 2 amide bonds. The summed E-state index contributed by atoms with van der Waals surface area (Å²) in [6, 6.07) is 8.59. The molecule has 3 heterocycles. The molecule has 2 fully saturated rings. The summed E-state index contributed by atoms with van der Waals surface area (Å²) in [7, 11) is 0. The number of carbonyl (C=O) groups excluding carboxylic acids is 2. The molecule has 0 radical (unpaired) electrons. The number of hydrogen-bond acceptors (Lipinski definition) is 5. The second-order valence-corrected chi connectivity index (χ2v) is 7.90. The molecule has 0 bridgehead atoms. The lowest BCUT2D eigenvalue weighted by molar-refractivity contribution is -0.150. The molecule has 3 atom stereocenters. The Labute approximate surface area is 160 Å². The van der Waals surface area contributed by atoms with Gasteiger partial charge in [0.15, 0.2) is 0 Å². The van der Waals surface area contributed by atoms with E-state index in [-0.39, 0.29) is 35.4 Å². The second-order valence-electron chi connectivity index (χ2n) is 6.80. The van der Waals surface area contributed by atoms with Gasteiger partial charge in [0.05, 0.1) is 12.5 Å². The van der Waals surface area contributed by atoms with E-state index in [2.05, 4.69) is 5.32 Å². The summed E-state index contributed by atoms with van der Waals surface area (Å²) >= 11 is 1.48. The molecule has 8 heteroatoms. The highest BCUT2D eigenvalue weighted by atomic mass is 32.2. The summed E-state index contributed by atoms with van der Waals surface area (Å²) in [5.41, 5.74) is 1.56. The van der Waals surface area contributed by atoms with Gasteiger partial charge in [-0.15, -0.1) is 11.8 Å². The van der Waals surface area contributed by atoms with Crippen LogP contribution in [0.3, 0.4) is 0 Å². The molecule has 0 spiro atoms. The topological polar surface area (TPSA) is 95.9 Å². The summed E-state index contributed by atoms with van der Waals surface area (Å²) in [5, 5.41) is 12.0.